The molecular weight excluding hydrogens is 284 g/mol. The first-order chi connectivity index (χ1) is 10.5. The van der Waals surface area contributed by atoms with E-state index in [1.54, 1.807) is 13.0 Å². The molecule has 1 saturated carbocycles. The first kappa shape index (κ1) is 16.3. The van der Waals surface area contributed by atoms with Gasteiger partial charge in [0.15, 0.2) is 5.75 Å². The first-order valence-electron chi connectivity index (χ1n) is 7.75. The van der Waals surface area contributed by atoms with Gasteiger partial charge in [-0.05, 0) is 37.8 Å². The van der Waals surface area contributed by atoms with Crippen LogP contribution >= 0.6 is 0 Å². The third-order valence-electron chi connectivity index (χ3n) is 4.15. The van der Waals surface area contributed by atoms with Crippen LogP contribution < -0.4 is 10.1 Å². The Kier molecular flexibility index (Phi) is 5.35. The van der Waals surface area contributed by atoms with Crippen molar-refractivity contribution in [1.29, 1.82) is 0 Å². The number of nitrogens with one attached hydrogen (secondary N) is 1. The van der Waals surface area contributed by atoms with E-state index in [0.717, 1.165) is 19.3 Å². The van der Waals surface area contributed by atoms with E-state index < -0.39 is 4.92 Å². The first-order valence-corrected chi connectivity index (χ1v) is 7.75. The molecule has 0 aliphatic heterocycles. The molecule has 0 saturated heterocycles. The minimum atomic E-state index is -0.523. The summed E-state index contributed by atoms with van der Waals surface area (Å²) in [5.74, 6) is 0.371. The van der Waals surface area contributed by atoms with E-state index in [1.807, 2.05) is 0 Å². The lowest BCUT2D eigenvalue weighted by Gasteiger charge is -2.29. The Labute approximate surface area is 130 Å². The summed E-state index contributed by atoms with van der Waals surface area (Å²) in [5, 5.41) is 14.1. The molecule has 0 radical (unpaired) electrons. The molecule has 22 heavy (non-hydrogen) atoms. The molecule has 2 atom stereocenters. The number of hydrogen-bond donors (Lipinski definition) is 1. The highest BCUT2D eigenvalue weighted by molar-refractivity contribution is 5.95. The number of benzene rings is 1. The highest BCUT2D eigenvalue weighted by Gasteiger charge is 2.24. The van der Waals surface area contributed by atoms with Crippen molar-refractivity contribution in [3.8, 4) is 5.75 Å². The zero-order chi connectivity index (χ0) is 16.1. The Morgan fingerprint density at radius 1 is 1.41 bits per heavy atom. The van der Waals surface area contributed by atoms with Crippen molar-refractivity contribution in [3.05, 3.63) is 33.9 Å². The fourth-order valence-corrected chi connectivity index (χ4v) is 2.86. The van der Waals surface area contributed by atoms with Crippen LogP contribution in [0.25, 0.3) is 0 Å². The van der Waals surface area contributed by atoms with Crippen molar-refractivity contribution >= 4 is 11.6 Å². The Bertz CT molecular complexity index is 559. The van der Waals surface area contributed by atoms with E-state index in [2.05, 4.69) is 12.2 Å². The molecule has 120 valence electrons. The Hall–Kier alpha value is -2.11. The molecule has 0 heterocycles. The van der Waals surface area contributed by atoms with Crippen LogP contribution in [-0.2, 0) is 0 Å². The normalized spacial score (nSPS) is 21.2. The number of nitrogens with zero attached hydrogens (tertiary/aromatic N) is 1. The van der Waals surface area contributed by atoms with E-state index in [0.29, 0.717) is 18.1 Å². The number of nitro groups is 1. The second-order valence-electron chi connectivity index (χ2n) is 5.71. The molecule has 0 unspecified atom stereocenters. The number of amides is 1. The standard InChI is InChI=1S/C16H22N2O4/c1-3-22-15-9-8-12(10-14(15)18(20)21)16(19)17-13-7-5-4-6-11(13)2/h8-11,13H,3-7H2,1-2H3,(H,17,19)/t11-,13-/m0/s1. The Morgan fingerprint density at radius 2 is 2.14 bits per heavy atom. The fraction of sp³-hybridized carbons (Fsp3) is 0.562. The molecule has 1 aromatic carbocycles. The Balaban J connectivity index is 2.15. The van der Waals surface area contributed by atoms with Gasteiger partial charge in [0.25, 0.3) is 5.91 Å². The quantitative estimate of drug-likeness (QED) is 0.668. The average molecular weight is 306 g/mol. The van der Waals surface area contributed by atoms with Gasteiger partial charge in [0, 0.05) is 17.7 Å². The lowest BCUT2D eigenvalue weighted by Crippen LogP contribution is -2.41. The summed E-state index contributed by atoms with van der Waals surface area (Å²) in [6.45, 7) is 4.23. The molecule has 2 rings (SSSR count). The van der Waals surface area contributed by atoms with Crippen LogP contribution in [0, 0.1) is 16.0 Å². The summed E-state index contributed by atoms with van der Waals surface area (Å²) in [5.41, 5.74) is 0.124. The van der Waals surface area contributed by atoms with Gasteiger partial charge in [-0.1, -0.05) is 19.8 Å². The van der Waals surface area contributed by atoms with E-state index in [9.17, 15) is 14.9 Å². The molecule has 0 aromatic heterocycles. The molecule has 6 nitrogen and oxygen atoms in total. The van der Waals surface area contributed by atoms with Gasteiger partial charge < -0.3 is 10.1 Å². The number of carbonyl (C=O) groups excluding carboxylic acids is 1. The van der Waals surface area contributed by atoms with E-state index in [4.69, 9.17) is 4.74 Å². The van der Waals surface area contributed by atoms with Gasteiger partial charge in [-0.2, -0.15) is 0 Å². The fourth-order valence-electron chi connectivity index (χ4n) is 2.86. The lowest BCUT2D eigenvalue weighted by atomic mass is 9.86. The summed E-state index contributed by atoms with van der Waals surface area (Å²) in [4.78, 5) is 22.9. The number of nitro benzene ring substituents is 1. The van der Waals surface area contributed by atoms with Gasteiger partial charge in [-0.15, -0.1) is 0 Å². The summed E-state index contributed by atoms with van der Waals surface area (Å²) in [7, 11) is 0. The van der Waals surface area contributed by atoms with Crippen molar-refractivity contribution < 1.29 is 14.5 Å². The molecule has 0 bridgehead atoms. The maximum absolute atomic E-state index is 12.3. The van der Waals surface area contributed by atoms with Crippen LogP contribution in [0.4, 0.5) is 5.69 Å². The third-order valence-corrected chi connectivity index (χ3v) is 4.15. The average Bonchev–Trinajstić information content (AvgIpc) is 2.50. The number of rotatable bonds is 5. The summed E-state index contributed by atoms with van der Waals surface area (Å²) in [6.07, 6.45) is 4.38. The maximum atomic E-state index is 12.3. The molecule has 1 aliphatic carbocycles. The smallest absolute Gasteiger partial charge is 0.311 e. The highest BCUT2D eigenvalue weighted by Crippen LogP contribution is 2.29. The van der Waals surface area contributed by atoms with E-state index in [1.165, 1.54) is 18.6 Å². The van der Waals surface area contributed by atoms with Crippen LogP contribution in [0.2, 0.25) is 0 Å². The van der Waals surface area contributed by atoms with Crippen molar-refractivity contribution in [2.45, 2.75) is 45.6 Å². The number of ether oxygens (including phenoxy) is 1. The zero-order valence-corrected chi connectivity index (χ0v) is 13.0. The van der Waals surface area contributed by atoms with Crippen LogP contribution in [0.15, 0.2) is 18.2 Å². The second-order valence-corrected chi connectivity index (χ2v) is 5.71. The maximum Gasteiger partial charge on any atom is 0.311 e. The van der Waals surface area contributed by atoms with E-state index >= 15 is 0 Å². The molecule has 1 aromatic rings. The topological polar surface area (TPSA) is 81.5 Å². The molecular formula is C16H22N2O4. The highest BCUT2D eigenvalue weighted by atomic mass is 16.6. The summed E-state index contributed by atoms with van der Waals surface area (Å²) >= 11 is 0. The van der Waals surface area contributed by atoms with Gasteiger partial charge in [0.1, 0.15) is 0 Å². The minimum absolute atomic E-state index is 0.145. The van der Waals surface area contributed by atoms with Crippen LogP contribution in [0.1, 0.15) is 49.9 Å². The van der Waals surface area contributed by atoms with Gasteiger partial charge in [-0.3, -0.25) is 14.9 Å². The van der Waals surface area contributed by atoms with E-state index in [-0.39, 0.29) is 23.4 Å². The molecule has 1 aliphatic rings. The van der Waals surface area contributed by atoms with Gasteiger partial charge in [-0.25, -0.2) is 0 Å². The summed E-state index contributed by atoms with van der Waals surface area (Å²) < 4.78 is 5.23. The van der Waals surface area contributed by atoms with Crippen LogP contribution in [-0.4, -0.2) is 23.5 Å². The second kappa shape index (κ2) is 7.24. The van der Waals surface area contributed by atoms with Crippen molar-refractivity contribution in [1.82, 2.24) is 5.32 Å². The predicted molar refractivity (Wildman–Crippen MR) is 83.2 cm³/mol. The number of carbonyl (C=O) groups is 1. The largest absolute Gasteiger partial charge is 0.487 e. The lowest BCUT2D eigenvalue weighted by molar-refractivity contribution is -0.385. The predicted octanol–water partition coefficient (Wildman–Crippen LogP) is 3.30. The van der Waals surface area contributed by atoms with Gasteiger partial charge >= 0.3 is 5.69 Å². The third kappa shape index (κ3) is 3.75. The van der Waals surface area contributed by atoms with Crippen LogP contribution in [0.5, 0.6) is 5.75 Å². The minimum Gasteiger partial charge on any atom is -0.487 e. The summed E-state index contributed by atoms with van der Waals surface area (Å²) in [6, 6.07) is 4.49. The van der Waals surface area contributed by atoms with Crippen LogP contribution in [0.3, 0.4) is 0 Å². The van der Waals surface area contributed by atoms with Crippen molar-refractivity contribution in [3.63, 3.8) is 0 Å². The monoisotopic (exact) mass is 306 g/mol. The van der Waals surface area contributed by atoms with Gasteiger partial charge in [0.05, 0.1) is 11.5 Å². The molecule has 1 amide bonds. The SMILES string of the molecule is CCOc1ccc(C(=O)N[C@H]2CCCC[C@@H]2C)cc1[N+](=O)[O-]. The molecule has 1 N–H and O–H groups in total. The zero-order valence-electron chi connectivity index (χ0n) is 13.0. The van der Waals surface area contributed by atoms with Gasteiger partial charge in [0.2, 0.25) is 0 Å². The molecule has 0 spiro atoms. The Morgan fingerprint density at radius 3 is 2.77 bits per heavy atom. The molecule has 6 heteroatoms. The van der Waals surface area contributed by atoms with Crippen molar-refractivity contribution in [2.75, 3.05) is 6.61 Å². The van der Waals surface area contributed by atoms with Crippen molar-refractivity contribution in [2.24, 2.45) is 5.92 Å². The number of hydrogen-bond acceptors (Lipinski definition) is 4. The molecule has 1 fully saturated rings.